The Hall–Kier alpha value is -3.44. The van der Waals surface area contributed by atoms with Gasteiger partial charge in [-0.1, -0.05) is 66.2 Å². The van der Waals surface area contributed by atoms with E-state index in [4.69, 9.17) is 16.3 Å². The zero-order valence-corrected chi connectivity index (χ0v) is 16.4. The van der Waals surface area contributed by atoms with Crippen LogP contribution in [0.3, 0.4) is 0 Å². The number of ketones is 1. The zero-order chi connectivity index (χ0) is 20.8. The minimum Gasteiger partial charge on any atom is -0.452 e. The molecule has 1 amide bonds. The van der Waals surface area contributed by atoms with Gasteiger partial charge in [0.25, 0.3) is 5.91 Å². The lowest BCUT2D eigenvalue weighted by Crippen LogP contribution is -2.22. The standard InChI is InChI=1S/C23H18ClNO4/c1-15-11-12-17(24)13-20(15)25-21(26)14-29-23(28)19-10-6-5-9-18(19)22(27)16-7-3-2-4-8-16/h2-13H,14H2,1H3,(H,25,26). The predicted octanol–water partition coefficient (Wildman–Crippen LogP) is 4.67. The van der Waals surface area contributed by atoms with E-state index in [-0.39, 0.29) is 16.9 Å². The fourth-order valence-electron chi connectivity index (χ4n) is 2.73. The topological polar surface area (TPSA) is 72.5 Å². The molecule has 0 atom stereocenters. The molecule has 0 aliphatic rings. The van der Waals surface area contributed by atoms with Crippen LogP contribution in [0.15, 0.2) is 72.8 Å². The molecule has 6 heteroatoms. The Balaban J connectivity index is 1.69. The number of rotatable bonds is 6. The van der Waals surface area contributed by atoms with Crippen LogP contribution in [0.25, 0.3) is 0 Å². The number of hydrogen-bond acceptors (Lipinski definition) is 4. The van der Waals surface area contributed by atoms with Crippen molar-refractivity contribution in [1.29, 1.82) is 0 Å². The van der Waals surface area contributed by atoms with Crippen LogP contribution in [0, 0.1) is 6.92 Å². The molecule has 1 N–H and O–H groups in total. The number of halogens is 1. The molecule has 0 heterocycles. The van der Waals surface area contributed by atoms with E-state index in [1.807, 2.05) is 6.92 Å². The molecule has 3 rings (SSSR count). The molecule has 0 bridgehead atoms. The summed E-state index contributed by atoms with van der Waals surface area (Å²) >= 11 is 5.94. The lowest BCUT2D eigenvalue weighted by Gasteiger charge is -2.11. The molecular weight excluding hydrogens is 390 g/mol. The molecule has 0 radical (unpaired) electrons. The highest BCUT2D eigenvalue weighted by Crippen LogP contribution is 2.20. The molecular formula is C23H18ClNO4. The van der Waals surface area contributed by atoms with Gasteiger partial charge in [0.05, 0.1) is 5.56 Å². The smallest absolute Gasteiger partial charge is 0.339 e. The Labute approximate surface area is 173 Å². The van der Waals surface area contributed by atoms with Crippen molar-refractivity contribution in [2.24, 2.45) is 0 Å². The zero-order valence-electron chi connectivity index (χ0n) is 15.6. The Bertz CT molecular complexity index is 1060. The van der Waals surface area contributed by atoms with E-state index < -0.39 is 18.5 Å². The van der Waals surface area contributed by atoms with E-state index >= 15 is 0 Å². The van der Waals surface area contributed by atoms with Gasteiger partial charge in [0.2, 0.25) is 0 Å². The summed E-state index contributed by atoms with van der Waals surface area (Å²) in [5.74, 6) is -1.55. The van der Waals surface area contributed by atoms with Crippen LogP contribution >= 0.6 is 11.6 Å². The van der Waals surface area contributed by atoms with Crippen molar-refractivity contribution in [2.75, 3.05) is 11.9 Å². The van der Waals surface area contributed by atoms with Gasteiger partial charge in [-0.25, -0.2) is 4.79 Å². The van der Waals surface area contributed by atoms with Gasteiger partial charge < -0.3 is 10.1 Å². The fourth-order valence-corrected chi connectivity index (χ4v) is 2.90. The van der Waals surface area contributed by atoms with Crippen LogP contribution in [0.5, 0.6) is 0 Å². The molecule has 146 valence electrons. The van der Waals surface area contributed by atoms with E-state index in [1.165, 1.54) is 6.07 Å². The van der Waals surface area contributed by atoms with Crippen molar-refractivity contribution in [3.05, 3.63) is 100 Å². The van der Waals surface area contributed by atoms with Gasteiger partial charge in [0.1, 0.15) is 0 Å². The molecule has 0 aliphatic carbocycles. The lowest BCUT2D eigenvalue weighted by atomic mass is 9.98. The molecule has 0 saturated carbocycles. The molecule has 3 aromatic carbocycles. The highest BCUT2D eigenvalue weighted by molar-refractivity contribution is 6.31. The van der Waals surface area contributed by atoms with Crippen LogP contribution in [0.2, 0.25) is 5.02 Å². The first-order valence-electron chi connectivity index (χ1n) is 8.87. The second-order valence-electron chi connectivity index (χ2n) is 6.32. The van der Waals surface area contributed by atoms with Gasteiger partial charge in [-0.3, -0.25) is 9.59 Å². The van der Waals surface area contributed by atoms with E-state index in [9.17, 15) is 14.4 Å². The molecule has 0 unspecified atom stereocenters. The number of anilines is 1. The number of esters is 1. The normalized spacial score (nSPS) is 10.3. The summed E-state index contributed by atoms with van der Waals surface area (Å²) < 4.78 is 5.12. The number of ether oxygens (including phenoxy) is 1. The second kappa shape index (κ2) is 9.17. The van der Waals surface area contributed by atoms with E-state index in [1.54, 1.807) is 66.7 Å². The first-order valence-corrected chi connectivity index (χ1v) is 9.25. The van der Waals surface area contributed by atoms with Gasteiger partial charge in [-0.15, -0.1) is 0 Å². The van der Waals surface area contributed by atoms with Gasteiger partial charge >= 0.3 is 5.97 Å². The number of hydrogen-bond donors (Lipinski definition) is 1. The van der Waals surface area contributed by atoms with Crippen molar-refractivity contribution in [1.82, 2.24) is 0 Å². The van der Waals surface area contributed by atoms with Crippen LogP contribution in [0.4, 0.5) is 5.69 Å². The quantitative estimate of drug-likeness (QED) is 0.476. The maximum atomic E-state index is 12.7. The summed E-state index contributed by atoms with van der Waals surface area (Å²) in [6.07, 6.45) is 0. The molecule has 0 spiro atoms. The number of nitrogens with one attached hydrogen (secondary N) is 1. The Kier molecular flexibility index (Phi) is 6.42. The molecule has 0 fully saturated rings. The van der Waals surface area contributed by atoms with E-state index in [2.05, 4.69) is 5.32 Å². The first kappa shape index (κ1) is 20.3. The van der Waals surface area contributed by atoms with E-state index in [0.29, 0.717) is 16.3 Å². The van der Waals surface area contributed by atoms with Crippen molar-refractivity contribution in [3.63, 3.8) is 0 Å². The minimum atomic E-state index is -0.747. The molecule has 3 aromatic rings. The van der Waals surface area contributed by atoms with Crippen LogP contribution in [-0.2, 0) is 9.53 Å². The summed E-state index contributed by atoms with van der Waals surface area (Å²) in [4.78, 5) is 37.4. The lowest BCUT2D eigenvalue weighted by molar-refractivity contribution is -0.119. The first-order chi connectivity index (χ1) is 14.0. The number of carbonyl (C=O) groups excluding carboxylic acids is 3. The van der Waals surface area contributed by atoms with Crippen LogP contribution < -0.4 is 5.32 Å². The van der Waals surface area contributed by atoms with Crippen LogP contribution in [-0.4, -0.2) is 24.3 Å². The van der Waals surface area contributed by atoms with Crippen molar-refractivity contribution < 1.29 is 19.1 Å². The van der Waals surface area contributed by atoms with Crippen molar-refractivity contribution >= 4 is 34.9 Å². The Morgan fingerprint density at radius 3 is 2.28 bits per heavy atom. The number of amides is 1. The average molecular weight is 408 g/mol. The number of benzene rings is 3. The largest absolute Gasteiger partial charge is 0.452 e. The molecule has 0 aromatic heterocycles. The van der Waals surface area contributed by atoms with Crippen molar-refractivity contribution in [3.8, 4) is 0 Å². The molecule has 29 heavy (non-hydrogen) atoms. The summed E-state index contributed by atoms with van der Waals surface area (Å²) in [7, 11) is 0. The Morgan fingerprint density at radius 1 is 0.897 bits per heavy atom. The van der Waals surface area contributed by atoms with Gasteiger partial charge in [-0.2, -0.15) is 0 Å². The number of aryl methyl sites for hydroxylation is 1. The van der Waals surface area contributed by atoms with Gasteiger partial charge in [0, 0.05) is 21.8 Å². The fraction of sp³-hybridized carbons (Fsp3) is 0.0870. The summed E-state index contributed by atoms with van der Waals surface area (Å²) in [5.41, 5.74) is 2.15. The maximum Gasteiger partial charge on any atom is 0.339 e. The SMILES string of the molecule is Cc1ccc(Cl)cc1NC(=O)COC(=O)c1ccccc1C(=O)c1ccccc1. The molecule has 5 nitrogen and oxygen atoms in total. The van der Waals surface area contributed by atoms with Crippen molar-refractivity contribution in [2.45, 2.75) is 6.92 Å². The highest BCUT2D eigenvalue weighted by Gasteiger charge is 2.20. The third-order valence-corrected chi connectivity index (χ3v) is 4.47. The summed E-state index contributed by atoms with van der Waals surface area (Å²) in [5, 5.41) is 3.14. The third-order valence-electron chi connectivity index (χ3n) is 4.24. The predicted molar refractivity (Wildman–Crippen MR) is 111 cm³/mol. The second-order valence-corrected chi connectivity index (χ2v) is 6.76. The Morgan fingerprint density at radius 2 is 1.55 bits per heavy atom. The van der Waals surface area contributed by atoms with E-state index in [0.717, 1.165) is 5.56 Å². The number of carbonyl (C=O) groups is 3. The van der Waals surface area contributed by atoms with Gasteiger partial charge in [0.15, 0.2) is 12.4 Å². The minimum absolute atomic E-state index is 0.105. The van der Waals surface area contributed by atoms with Gasteiger partial charge in [-0.05, 0) is 30.7 Å². The highest BCUT2D eigenvalue weighted by atomic mass is 35.5. The third kappa shape index (κ3) is 5.09. The average Bonchev–Trinajstić information content (AvgIpc) is 2.74. The summed E-state index contributed by atoms with van der Waals surface area (Å²) in [6, 6.07) is 20.1. The molecule has 0 saturated heterocycles. The maximum absolute atomic E-state index is 12.7. The monoisotopic (exact) mass is 407 g/mol. The molecule has 0 aliphatic heterocycles. The van der Waals surface area contributed by atoms with Crippen LogP contribution in [0.1, 0.15) is 31.8 Å². The summed E-state index contributed by atoms with van der Waals surface area (Å²) in [6.45, 7) is 1.34.